The number of Topliss-reactive ketones (excluding diaryl/α,β-unsaturated/α-hetero) is 1. The third-order valence-corrected chi connectivity index (χ3v) is 4.66. The molecule has 0 radical (unpaired) electrons. The Kier molecular flexibility index (Phi) is 5.84. The number of hydrogen-bond donors (Lipinski definition) is 1. The number of nitrogens with zero attached hydrogens (tertiary/aromatic N) is 3. The van der Waals surface area contributed by atoms with Crippen LogP contribution in [-0.2, 0) is 9.59 Å². The second kappa shape index (κ2) is 8.31. The van der Waals surface area contributed by atoms with Gasteiger partial charge in [0.1, 0.15) is 11.6 Å². The largest absolute Gasteiger partial charge is 0.507 e. The Morgan fingerprint density at radius 3 is 2.54 bits per heavy atom. The fraction of sp³-hybridized carbons (Fsp3) is 0.286. The van der Waals surface area contributed by atoms with Crippen molar-refractivity contribution in [3.8, 4) is 0 Å². The molecule has 2 heterocycles. The highest BCUT2D eigenvalue weighted by atomic mass is 19.1. The molecule has 146 valence electrons. The number of halogens is 1. The number of likely N-dealkylation sites (tertiary alicyclic amines) is 1. The van der Waals surface area contributed by atoms with Crippen LogP contribution >= 0.6 is 0 Å². The molecule has 1 aromatic heterocycles. The molecule has 1 N–H and O–H groups in total. The summed E-state index contributed by atoms with van der Waals surface area (Å²) in [4.78, 5) is 33.0. The standard InChI is InChI=1S/C21H22FN3O3/c1-24(2)11-4-12-25-18(15-5-3-10-23-13-15)17(20(27)21(25)28)19(26)14-6-8-16(22)9-7-14/h3,5-10,13,18,26H,4,11-12H2,1-2H3/b19-17-. The number of aromatic nitrogens is 1. The highest BCUT2D eigenvalue weighted by Crippen LogP contribution is 2.39. The van der Waals surface area contributed by atoms with Gasteiger partial charge in [-0.25, -0.2) is 4.39 Å². The molecule has 1 unspecified atom stereocenters. The van der Waals surface area contributed by atoms with Crippen LogP contribution in [0.4, 0.5) is 4.39 Å². The summed E-state index contributed by atoms with van der Waals surface area (Å²) >= 11 is 0. The number of amides is 1. The Labute approximate surface area is 162 Å². The molecule has 0 saturated carbocycles. The first-order valence-corrected chi connectivity index (χ1v) is 8.99. The van der Waals surface area contributed by atoms with Gasteiger partial charge in [-0.3, -0.25) is 14.6 Å². The maximum atomic E-state index is 13.2. The van der Waals surface area contributed by atoms with Crippen LogP contribution < -0.4 is 0 Å². The van der Waals surface area contributed by atoms with Gasteiger partial charge in [-0.2, -0.15) is 0 Å². The van der Waals surface area contributed by atoms with Crippen LogP contribution in [-0.4, -0.2) is 58.8 Å². The van der Waals surface area contributed by atoms with E-state index in [0.29, 0.717) is 18.5 Å². The van der Waals surface area contributed by atoms with Crippen molar-refractivity contribution in [2.24, 2.45) is 0 Å². The number of carbonyl (C=O) groups excluding carboxylic acids is 2. The molecular weight excluding hydrogens is 361 g/mol. The van der Waals surface area contributed by atoms with Gasteiger partial charge in [-0.15, -0.1) is 0 Å². The van der Waals surface area contributed by atoms with Crippen LogP contribution in [0.2, 0.25) is 0 Å². The zero-order chi connectivity index (χ0) is 20.3. The third kappa shape index (κ3) is 3.94. The van der Waals surface area contributed by atoms with Crippen molar-refractivity contribution in [1.29, 1.82) is 0 Å². The molecule has 0 spiro atoms. The highest BCUT2D eigenvalue weighted by Gasteiger charge is 2.45. The first kappa shape index (κ1) is 19.7. The summed E-state index contributed by atoms with van der Waals surface area (Å²) in [6, 6.07) is 7.89. The molecule has 7 heteroatoms. The smallest absolute Gasteiger partial charge is 0.295 e. The minimum Gasteiger partial charge on any atom is -0.507 e. The SMILES string of the molecule is CN(C)CCCN1C(=O)C(=O)/C(=C(\O)c2ccc(F)cc2)C1c1cccnc1. The quantitative estimate of drug-likeness (QED) is 0.472. The van der Waals surface area contributed by atoms with Crippen LogP contribution in [0, 0.1) is 5.82 Å². The molecule has 1 fully saturated rings. The van der Waals surface area contributed by atoms with Crippen molar-refractivity contribution < 1.29 is 19.1 Å². The molecule has 3 rings (SSSR count). The number of hydrogen-bond acceptors (Lipinski definition) is 5. The van der Waals surface area contributed by atoms with E-state index in [-0.39, 0.29) is 16.9 Å². The van der Waals surface area contributed by atoms with E-state index in [2.05, 4.69) is 4.98 Å². The zero-order valence-corrected chi connectivity index (χ0v) is 15.8. The minimum atomic E-state index is -0.750. The third-order valence-electron chi connectivity index (χ3n) is 4.66. The Balaban J connectivity index is 2.06. The van der Waals surface area contributed by atoms with Crippen molar-refractivity contribution in [3.63, 3.8) is 0 Å². The van der Waals surface area contributed by atoms with E-state index in [0.717, 1.165) is 6.54 Å². The summed E-state index contributed by atoms with van der Waals surface area (Å²) in [7, 11) is 3.86. The summed E-state index contributed by atoms with van der Waals surface area (Å²) < 4.78 is 13.2. The van der Waals surface area contributed by atoms with E-state index in [1.807, 2.05) is 19.0 Å². The number of benzene rings is 1. The molecule has 1 amide bonds. The number of aliphatic hydroxyl groups is 1. The molecule has 1 aliphatic heterocycles. The van der Waals surface area contributed by atoms with Gasteiger partial charge in [0, 0.05) is 24.5 Å². The number of pyridine rings is 1. The van der Waals surface area contributed by atoms with Crippen molar-refractivity contribution in [2.45, 2.75) is 12.5 Å². The lowest BCUT2D eigenvalue weighted by Gasteiger charge is -2.25. The van der Waals surface area contributed by atoms with Gasteiger partial charge in [0.15, 0.2) is 0 Å². The fourth-order valence-electron chi connectivity index (χ4n) is 3.32. The van der Waals surface area contributed by atoms with Gasteiger partial charge in [-0.1, -0.05) is 6.07 Å². The van der Waals surface area contributed by atoms with E-state index in [1.54, 1.807) is 24.5 Å². The van der Waals surface area contributed by atoms with E-state index in [4.69, 9.17) is 0 Å². The van der Waals surface area contributed by atoms with Crippen molar-refractivity contribution in [3.05, 3.63) is 71.3 Å². The average Bonchev–Trinajstić information content (AvgIpc) is 2.93. The molecular formula is C21H22FN3O3. The van der Waals surface area contributed by atoms with Crippen LogP contribution in [0.3, 0.4) is 0 Å². The van der Waals surface area contributed by atoms with Gasteiger partial charge in [0.2, 0.25) is 0 Å². The maximum Gasteiger partial charge on any atom is 0.295 e. The predicted molar refractivity (Wildman–Crippen MR) is 103 cm³/mol. The summed E-state index contributed by atoms with van der Waals surface area (Å²) in [6.07, 6.45) is 3.85. The lowest BCUT2D eigenvalue weighted by Crippen LogP contribution is -2.32. The second-order valence-corrected chi connectivity index (χ2v) is 6.94. The van der Waals surface area contributed by atoms with Crippen LogP contribution in [0.1, 0.15) is 23.6 Å². The molecule has 1 saturated heterocycles. The Morgan fingerprint density at radius 2 is 1.93 bits per heavy atom. The first-order chi connectivity index (χ1) is 13.4. The van der Waals surface area contributed by atoms with E-state index in [9.17, 15) is 19.1 Å². The number of ketones is 1. The number of carbonyl (C=O) groups is 2. The average molecular weight is 383 g/mol. The summed E-state index contributed by atoms with van der Waals surface area (Å²) in [5.41, 5.74) is 0.909. The minimum absolute atomic E-state index is 0.00513. The van der Waals surface area contributed by atoms with Crippen molar-refractivity contribution in [2.75, 3.05) is 27.2 Å². The highest BCUT2D eigenvalue weighted by molar-refractivity contribution is 6.46. The Morgan fingerprint density at radius 1 is 1.21 bits per heavy atom. The van der Waals surface area contributed by atoms with Gasteiger partial charge >= 0.3 is 0 Å². The summed E-state index contributed by atoms with van der Waals surface area (Å²) in [6.45, 7) is 1.11. The molecule has 0 bridgehead atoms. The van der Waals surface area contributed by atoms with Gasteiger partial charge < -0.3 is 14.9 Å². The van der Waals surface area contributed by atoms with E-state index in [1.165, 1.54) is 29.2 Å². The molecule has 2 aromatic rings. The zero-order valence-electron chi connectivity index (χ0n) is 15.8. The summed E-state index contributed by atoms with van der Waals surface area (Å²) in [5.74, 6) is -2.18. The Hall–Kier alpha value is -3.06. The van der Waals surface area contributed by atoms with Gasteiger partial charge in [-0.05, 0) is 63.0 Å². The van der Waals surface area contributed by atoms with Crippen LogP contribution in [0.5, 0.6) is 0 Å². The fourth-order valence-corrected chi connectivity index (χ4v) is 3.32. The van der Waals surface area contributed by atoms with E-state index < -0.39 is 23.5 Å². The lowest BCUT2D eigenvalue weighted by molar-refractivity contribution is -0.139. The normalized spacial score (nSPS) is 18.9. The number of aliphatic hydroxyl groups excluding tert-OH is 1. The summed E-state index contributed by atoms with van der Waals surface area (Å²) in [5, 5.41) is 10.8. The molecule has 28 heavy (non-hydrogen) atoms. The van der Waals surface area contributed by atoms with Crippen molar-refractivity contribution in [1.82, 2.24) is 14.8 Å². The predicted octanol–water partition coefficient (Wildman–Crippen LogP) is 2.59. The van der Waals surface area contributed by atoms with Gasteiger partial charge in [0.05, 0.1) is 11.6 Å². The lowest BCUT2D eigenvalue weighted by atomic mass is 9.96. The Bertz CT molecular complexity index is 895. The topological polar surface area (TPSA) is 73.7 Å². The second-order valence-electron chi connectivity index (χ2n) is 6.94. The van der Waals surface area contributed by atoms with Crippen LogP contribution in [0.15, 0.2) is 54.4 Å². The molecule has 1 aliphatic rings. The molecule has 0 aliphatic carbocycles. The van der Waals surface area contributed by atoms with Crippen molar-refractivity contribution >= 4 is 17.4 Å². The first-order valence-electron chi connectivity index (χ1n) is 8.99. The maximum absolute atomic E-state index is 13.2. The molecule has 1 atom stereocenters. The van der Waals surface area contributed by atoms with E-state index >= 15 is 0 Å². The van der Waals surface area contributed by atoms with Gasteiger partial charge in [0.25, 0.3) is 11.7 Å². The molecule has 6 nitrogen and oxygen atoms in total. The van der Waals surface area contributed by atoms with Crippen LogP contribution in [0.25, 0.3) is 5.76 Å². The monoisotopic (exact) mass is 383 g/mol. The number of rotatable bonds is 6. The molecule has 1 aromatic carbocycles.